The van der Waals surface area contributed by atoms with Crippen molar-refractivity contribution in [3.05, 3.63) is 0 Å². The lowest BCUT2D eigenvalue weighted by Gasteiger charge is -2.03. The largest absolute Gasteiger partial charge is 0.365 e. The highest BCUT2D eigenvalue weighted by Gasteiger charge is 2.27. The van der Waals surface area contributed by atoms with E-state index < -0.39 is 12.0 Å². The number of rotatable bonds is 1. The first-order chi connectivity index (χ1) is 5.24. The van der Waals surface area contributed by atoms with Crippen LogP contribution in [0.1, 0.15) is 19.8 Å². The molecule has 1 fully saturated rings. The van der Waals surface area contributed by atoms with Gasteiger partial charge in [-0.1, -0.05) is 0 Å². The summed E-state index contributed by atoms with van der Waals surface area (Å²) in [7, 11) is 0. The Kier molecular flexibility index (Phi) is 2.52. The summed E-state index contributed by atoms with van der Waals surface area (Å²) in [6, 6.07) is 0. The molecule has 2 unspecified atom stereocenters. The van der Waals surface area contributed by atoms with E-state index in [2.05, 4.69) is 4.99 Å². The van der Waals surface area contributed by atoms with Crippen LogP contribution in [0.4, 0.5) is 0 Å². The first-order valence-corrected chi connectivity index (χ1v) is 3.51. The summed E-state index contributed by atoms with van der Waals surface area (Å²) in [5.74, 6) is -0.510. The van der Waals surface area contributed by atoms with Gasteiger partial charge in [0.1, 0.15) is 6.10 Å². The lowest BCUT2D eigenvalue weighted by atomic mass is 10.2. The maximum atomic E-state index is 10.8. The van der Waals surface area contributed by atoms with Crippen LogP contribution in [0.3, 0.4) is 0 Å². The van der Waals surface area contributed by atoms with E-state index in [0.717, 1.165) is 6.42 Å². The van der Waals surface area contributed by atoms with E-state index in [1.54, 1.807) is 0 Å². The van der Waals surface area contributed by atoms with Crippen LogP contribution < -0.4 is 0 Å². The van der Waals surface area contributed by atoms with Crippen LogP contribution in [-0.4, -0.2) is 24.2 Å². The Balaban J connectivity index is 2.49. The van der Waals surface area contributed by atoms with Gasteiger partial charge in [-0.3, -0.25) is 4.79 Å². The Morgan fingerprint density at radius 3 is 2.82 bits per heavy atom. The first kappa shape index (κ1) is 8.11. The maximum absolute atomic E-state index is 10.8. The van der Waals surface area contributed by atoms with Gasteiger partial charge in [-0.2, -0.15) is 0 Å². The third kappa shape index (κ3) is 1.97. The van der Waals surface area contributed by atoms with Crippen molar-refractivity contribution in [3.63, 3.8) is 0 Å². The summed E-state index contributed by atoms with van der Waals surface area (Å²) in [6.45, 7) is 1.89. The molecule has 1 saturated heterocycles. The lowest BCUT2D eigenvalue weighted by molar-refractivity contribution is -0.128. The van der Waals surface area contributed by atoms with Gasteiger partial charge in [0.15, 0.2) is 0 Å². The summed E-state index contributed by atoms with van der Waals surface area (Å²) in [4.78, 5) is 23.5. The Morgan fingerprint density at radius 2 is 2.36 bits per heavy atom. The van der Waals surface area contributed by atoms with Crippen molar-refractivity contribution < 1.29 is 14.3 Å². The molecule has 0 aromatic carbocycles. The SMILES string of the molecule is CC1CCC(C(=O)N=C=O)O1. The monoisotopic (exact) mass is 155 g/mol. The summed E-state index contributed by atoms with van der Waals surface area (Å²) in [5, 5.41) is 0. The van der Waals surface area contributed by atoms with Crippen LogP contribution in [0.25, 0.3) is 0 Å². The Bertz CT molecular complexity index is 208. The van der Waals surface area contributed by atoms with E-state index in [1.165, 1.54) is 6.08 Å². The van der Waals surface area contributed by atoms with Gasteiger partial charge in [-0.05, 0) is 19.8 Å². The standard InChI is InChI=1S/C7H9NO3/c1-5-2-3-6(11-5)7(10)8-4-9/h5-6H,2-3H2,1H3. The quantitative estimate of drug-likeness (QED) is 0.407. The molecular formula is C7H9NO3. The zero-order valence-electron chi connectivity index (χ0n) is 6.24. The van der Waals surface area contributed by atoms with Crippen molar-refractivity contribution in [3.8, 4) is 0 Å². The minimum Gasteiger partial charge on any atom is -0.365 e. The minimum absolute atomic E-state index is 0.103. The number of carbonyl (C=O) groups excluding carboxylic acids is 2. The van der Waals surface area contributed by atoms with Crippen LogP contribution >= 0.6 is 0 Å². The predicted octanol–water partition coefficient (Wildman–Crippen LogP) is 0.416. The molecular weight excluding hydrogens is 146 g/mol. The second-order valence-corrected chi connectivity index (χ2v) is 2.55. The fraction of sp³-hybridized carbons (Fsp3) is 0.714. The van der Waals surface area contributed by atoms with E-state index in [1.807, 2.05) is 6.92 Å². The van der Waals surface area contributed by atoms with Crippen molar-refractivity contribution in [2.45, 2.75) is 32.0 Å². The average Bonchev–Trinajstić information content (AvgIpc) is 2.36. The zero-order chi connectivity index (χ0) is 8.27. The van der Waals surface area contributed by atoms with Gasteiger partial charge >= 0.3 is 0 Å². The fourth-order valence-corrected chi connectivity index (χ4v) is 1.10. The van der Waals surface area contributed by atoms with Crippen LogP contribution in [0.2, 0.25) is 0 Å². The van der Waals surface area contributed by atoms with Gasteiger partial charge < -0.3 is 4.74 Å². The number of aliphatic imine (C=N–C) groups is 1. The summed E-state index contributed by atoms with van der Waals surface area (Å²) in [5.41, 5.74) is 0. The summed E-state index contributed by atoms with van der Waals surface area (Å²) in [6.07, 6.45) is 2.31. The van der Waals surface area contributed by atoms with E-state index >= 15 is 0 Å². The highest BCUT2D eigenvalue weighted by atomic mass is 16.5. The van der Waals surface area contributed by atoms with Gasteiger partial charge in [0.25, 0.3) is 5.91 Å². The van der Waals surface area contributed by atoms with Crippen molar-refractivity contribution in [2.75, 3.05) is 0 Å². The van der Waals surface area contributed by atoms with Crippen LogP contribution in [0.15, 0.2) is 4.99 Å². The number of isocyanates is 1. The normalized spacial score (nSPS) is 29.5. The third-order valence-electron chi connectivity index (χ3n) is 1.66. The molecule has 0 aromatic heterocycles. The smallest absolute Gasteiger partial charge is 0.285 e. The number of nitrogens with zero attached hydrogens (tertiary/aromatic N) is 1. The molecule has 0 aromatic rings. The highest BCUT2D eigenvalue weighted by Crippen LogP contribution is 2.19. The Labute approximate surface area is 64.3 Å². The molecule has 60 valence electrons. The molecule has 4 nitrogen and oxygen atoms in total. The molecule has 1 rings (SSSR count). The zero-order valence-corrected chi connectivity index (χ0v) is 6.24. The molecule has 0 spiro atoms. The topological polar surface area (TPSA) is 55.7 Å². The molecule has 1 heterocycles. The number of carbonyl (C=O) groups is 1. The van der Waals surface area contributed by atoms with Gasteiger partial charge in [0.2, 0.25) is 6.08 Å². The maximum Gasteiger partial charge on any atom is 0.285 e. The van der Waals surface area contributed by atoms with E-state index in [9.17, 15) is 9.59 Å². The van der Waals surface area contributed by atoms with Gasteiger partial charge in [0.05, 0.1) is 6.10 Å². The number of ether oxygens (including phenoxy) is 1. The van der Waals surface area contributed by atoms with Gasteiger partial charge in [0, 0.05) is 0 Å². The van der Waals surface area contributed by atoms with Crippen molar-refractivity contribution in [1.29, 1.82) is 0 Å². The van der Waals surface area contributed by atoms with Gasteiger partial charge in [-0.15, -0.1) is 4.99 Å². The molecule has 11 heavy (non-hydrogen) atoms. The van der Waals surface area contributed by atoms with Crippen LogP contribution in [-0.2, 0) is 14.3 Å². The summed E-state index contributed by atoms with van der Waals surface area (Å²) < 4.78 is 5.15. The molecule has 0 bridgehead atoms. The fourth-order valence-electron chi connectivity index (χ4n) is 1.10. The molecule has 0 radical (unpaired) electrons. The Morgan fingerprint density at radius 1 is 1.64 bits per heavy atom. The molecule has 2 atom stereocenters. The second kappa shape index (κ2) is 3.42. The van der Waals surface area contributed by atoms with Crippen LogP contribution in [0, 0.1) is 0 Å². The lowest BCUT2D eigenvalue weighted by Crippen LogP contribution is -2.18. The predicted molar refractivity (Wildman–Crippen MR) is 36.7 cm³/mol. The molecule has 1 aliphatic heterocycles. The molecule has 0 N–H and O–H groups in total. The minimum atomic E-state index is -0.510. The molecule has 4 heteroatoms. The molecule has 0 saturated carbocycles. The first-order valence-electron chi connectivity index (χ1n) is 3.51. The number of hydrogen-bond acceptors (Lipinski definition) is 3. The van der Waals surface area contributed by atoms with Crippen LogP contribution in [0.5, 0.6) is 0 Å². The van der Waals surface area contributed by atoms with E-state index in [-0.39, 0.29) is 6.10 Å². The van der Waals surface area contributed by atoms with Crippen molar-refractivity contribution in [1.82, 2.24) is 0 Å². The molecule has 1 aliphatic rings. The Hall–Kier alpha value is -0.990. The summed E-state index contributed by atoms with van der Waals surface area (Å²) >= 11 is 0. The van der Waals surface area contributed by atoms with Gasteiger partial charge in [-0.25, -0.2) is 4.79 Å². The van der Waals surface area contributed by atoms with Crippen molar-refractivity contribution >= 4 is 12.0 Å². The average molecular weight is 155 g/mol. The van der Waals surface area contributed by atoms with Crippen molar-refractivity contribution in [2.24, 2.45) is 4.99 Å². The number of amides is 1. The van der Waals surface area contributed by atoms with E-state index in [4.69, 9.17) is 4.74 Å². The highest BCUT2D eigenvalue weighted by molar-refractivity contribution is 5.85. The number of hydrogen-bond donors (Lipinski definition) is 0. The van der Waals surface area contributed by atoms with E-state index in [0.29, 0.717) is 6.42 Å². The molecule has 1 amide bonds. The second-order valence-electron chi connectivity index (χ2n) is 2.55. The third-order valence-corrected chi connectivity index (χ3v) is 1.66. The molecule has 0 aliphatic carbocycles.